The monoisotopic (exact) mass is 330 g/mol. The second-order valence-corrected chi connectivity index (χ2v) is 5.46. The molecule has 4 nitrogen and oxygen atoms in total. The number of halogens is 2. The molecule has 116 valence electrons. The molecule has 0 aliphatic rings. The van der Waals surface area contributed by atoms with Crippen LogP contribution in [0.3, 0.4) is 0 Å². The maximum atomic E-state index is 13.1. The fourth-order valence-electron chi connectivity index (χ4n) is 2.34. The fourth-order valence-corrected chi connectivity index (χ4v) is 2.50. The van der Waals surface area contributed by atoms with Crippen LogP contribution in [0, 0.1) is 5.82 Å². The Kier molecular flexibility index (Phi) is 4.12. The van der Waals surface area contributed by atoms with E-state index in [9.17, 15) is 14.0 Å². The number of nitrogens with zero attached hydrogens (tertiary/aromatic N) is 1. The molecule has 1 heterocycles. The molecule has 0 fully saturated rings. The minimum absolute atomic E-state index is 0.0202. The number of fused-ring (bicyclic) bond motifs is 1. The minimum atomic E-state index is -0.427. The molecule has 0 spiro atoms. The van der Waals surface area contributed by atoms with Gasteiger partial charge in [-0.3, -0.25) is 9.59 Å². The van der Waals surface area contributed by atoms with Gasteiger partial charge in [-0.25, -0.2) is 4.39 Å². The lowest BCUT2D eigenvalue weighted by Crippen LogP contribution is -2.20. The van der Waals surface area contributed by atoms with E-state index in [1.54, 1.807) is 28.8 Å². The molecule has 0 aliphatic heterocycles. The largest absolute Gasteiger partial charge is 0.338 e. The number of hydrogen-bond acceptors (Lipinski definition) is 2. The van der Waals surface area contributed by atoms with Crippen LogP contribution in [0.5, 0.6) is 0 Å². The number of benzene rings is 2. The molecule has 0 saturated carbocycles. The number of rotatable bonds is 3. The molecule has 23 heavy (non-hydrogen) atoms. The van der Waals surface area contributed by atoms with E-state index in [4.69, 9.17) is 11.6 Å². The molecule has 3 aromatic rings. The molecular formula is C17H12ClFN2O2. The van der Waals surface area contributed by atoms with E-state index in [0.29, 0.717) is 21.6 Å². The van der Waals surface area contributed by atoms with Gasteiger partial charge in [0.1, 0.15) is 12.4 Å². The van der Waals surface area contributed by atoms with Crippen LogP contribution in [0.4, 0.5) is 10.1 Å². The summed E-state index contributed by atoms with van der Waals surface area (Å²) in [6.45, 7) is -0.0202. The van der Waals surface area contributed by atoms with Crippen molar-refractivity contribution in [2.75, 3.05) is 5.32 Å². The first-order valence-corrected chi connectivity index (χ1v) is 7.25. The van der Waals surface area contributed by atoms with Crippen molar-refractivity contribution < 1.29 is 9.18 Å². The Labute approximate surface area is 136 Å². The quantitative estimate of drug-likeness (QED) is 0.800. The molecule has 0 atom stereocenters. The first-order valence-electron chi connectivity index (χ1n) is 6.87. The number of pyridine rings is 1. The van der Waals surface area contributed by atoms with Crippen LogP contribution in [0.15, 0.2) is 59.5 Å². The molecule has 0 saturated heterocycles. The maximum Gasteiger partial charge on any atom is 0.244 e. The molecule has 2 aromatic carbocycles. The summed E-state index contributed by atoms with van der Waals surface area (Å²) in [7, 11) is 0. The predicted molar refractivity (Wildman–Crippen MR) is 88.2 cm³/mol. The zero-order valence-electron chi connectivity index (χ0n) is 11.9. The van der Waals surface area contributed by atoms with E-state index in [1.165, 1.54) is 30.5 Å². The lowest BCUT2D eigenvalue weighted by atomic mass is 10.2. The highest BCUT2D eigenvalue weighted by Gasteiger charge is 2.08. The van der Waals surface area contributed by atoms with Gasteiger partial charge in [0.2, 0.25) is 5.91 Å². The van der Waals surface area contributed by atoms with Gasteiger partial charge < -0.3 is 9.88 Å². The Morgan fingerprint density at radius 2 is 2.00 bits per heavy atom. The van der Waals surface area contributed by atoms with Crippen molar-refractivity contribution in [3.63, 3.8) is 0 Å². The number of amides is 1. The van der Waals surface area contributed by atoms with Crippen molar-refractivity contribution in [2.45, 2.75) is 6.54 Å². The first kappa shape index (κ1) is 15.2. The van der Waals surface area contributed by atoms with Crippen LogP contribution >= 0.6 is 11.6 Å². The van der Waals surface area contributed by atoms with Crippen LogP contribution < -0.4 is 10.7 Å². The van der Waals surface area contributed by atoms with Gasteiger partial charge >= 0.3 is 0 Å². The lowest BCUT2D eigenvalue weighted by molar-refractivity contribution is -0.116. The van der Waals surface area contributed by atoms with E-state index in [2.05, 4.69) is 5.32 Å². The third kappa shape index (κ3) is 3.40. The van der Waals surface area contributed by atoms with Crippen molar-refractivity contribution in [3.8, 4) is 0 Å². The second kappa shape index (κ2) is 6.22. The van der Waals surface area contributed by atoms with E-state index in [0.717, 1.165) is 0 Å². The summed E-state index contributed by atoms with van der Waals surface area (Å²) in [5.41, 5.74) is 0.802. The summed E-state index contributed by atoms with van der Waals surface area (Å²) < 4.78 is 14.8. The third-order valence-corrected chi connectivity index (χ3v) is 3.60. The molecule has 1 amide bonds. The highest BCUT2D eigenvalue weighted by molar-refractivity contribution is 6.31. The van der Waals surface area contributed by atoms with E-state index in [1.807, 2.05) is 0 Å². The van der Waals surface area contributed by atoms with Gasteiger partial charge in [0.05, 0.1) is 5.52 Å². The van der Waals surface area contributed by atoms with Crippen LogP contribution in [-0.4, -0.2) is 10.5 Å². The Balaban J connectivity index is 1.89. The lowest BCUT2D eigenvalue weighted by Gasteiger charge is -2.11. The van der Waals surface area contributed by atoms with Gasteiger partial charge in [-0.2, -0.15) is 0 Å². The van der Waals surface area contributed by atoms with Crippen molar-refractivity contribution in [2.24, 2.45) is 0 Å². The van der Waals surface area contributed by atoms with Crippen molar-refractivity contribution >= 4 is 34.1 Å². The first-order chi connectivity index (χ1) is 11.0. The number of aromatic nitrogens is 1. The van der Waals surface area contributed by atoms with Crippen molar-refractivity contribution in [1.29, 1.82) is 0 Å². The smallest absolute Gasteiger partial charge is 0.244 e. The summed E-state index contributed by atoms with van der Waals surface area (Å²) in [6, 6.07) is 11.9. The number of carbonyl (C=O) groups is 1. The highest BCUT2D eigenvalue weighted by atomic mass is 35.5. The number of nitrogens with one attached hydrogen (secondary N) is 1. The van der Waals surface area contributed by atoms with E-state index < -0.39 is 5.82 Å². The average molecular weight is 331 g/mol. The van der Waals surface area contributed by atoms with Gasteiger partial charge in [0.25, 0.3) is 0 Å². The number of anilines is 1. The summed E-state index contributed by atoms with van der Waals surface area (Å²) in [6.07, 6.45) is 1.53. The van der Waals surface area contributed by atoms with Gasteiger partial charge in [-0.1, -0.05) is 17.7 Å². The zero-order valence-corrected chi connectivity index (χ0v) is 12.7. The van der Waals surface area contributed by atoms with Crippen LogP contribution in [0.2, 0.25) is 5.02 Å². The maximum absolute atomic E-state index is 13.1. The Morgan fingerprint density at radius 1 is 1.17 bits per heavy atom. The predicted octanol–water partition coefficient (Wildman–Crippen LogP) is 3.43. The van der Waals surface area contributed by atoms with E-state index in [-0.39, 0.29) is 17.9 Å². The topological polar surface area (TPSA) is 51.1 Å². The molecule has 0 radical (unpaired) electrons. The minimum Gasteiger partial charge on any atom is -0.338 e. The number of carbonyl (C=O) groups excluding carboxylic acids is 1. The average Bonchev–Trinajstić information content (AvgIpc) is 2.50. The van der Waals surface area contributed by atoms with Gasteiger partial charge in [0.15, 0.2) is 5.43 Å². The molecule has 0 aliphatic carbocycles. The fraction of sp³-hybridized carbons (Fsp3) is 0.0588. The van der Waals surface area contributed by atoms with E-state index >= 15 is 0 Å². The van der Waals surface area contributed by atoms with Gasteiger partial charge in [0, 0.05) is 28.4 Å². The van der Waals surface area contributed by atoms with Crippen molar-refractivity contribution in [3.05, 3.63) is 75.8 Å². The SMILES string of the molecule is O=C(Cn1ccc(=O)c2ccc(Cl)cc21)Nc1cccc(F)c1. The zero-order chi connectivity index (χ0) is 16.4. The standard InChI is InChI=1S/C17H12ClFN2O2/c18-11-4-5-14-15(8-11)21(7-6-16(14)22)10-17(23)20-13-3-1-2-12(19)9-13/h1-9H,10H2,(H,20,23). The Morgan fingerprint density at radius 3 is 2.78 bits per heavy atom. The normalized spacial score (nSPS) is 10.7. The molecular weight excluding hydrogens is 319 g/mol. The van der Waals surface area contributed by atoms with Crippen LogP contribution in [0.1, 0.15) is 0 Å². The Hall–Kier alpha value is -2.66. The van der Waals surface area contributed by atoms with Gasteiger partial charge in [-0.05, 0) is 36.4 Å². The molecule has 1 aromatic heterocycles. The number of hydrogen-bond donors (Lipinski definition) is 1. The molecule has 1 N–H and O–H groups in total. The Bertz CT molecular complexity index is 953. The second-order valence-electron chi connectivity index (χ2n) is 5.03. The van der Waals surface area contributed by atoms with Crippen LogP contribution in [-0.2, 0) is 11.3 Å². The summed E-state index contributed by atoms with van der Waals surface area (Å²) in [4.78, 5) is 24.0. The third-order valence-electron chi connectivity index (χ3n) is 3.36. The molecule has 0 bridgehead atoms. The highest BCUT2D eigenvalue weighted by Crippen LogP contribution is 2.17. The van der Waals surface area contributed by atoms with Crippen LogP contribution in [0.25, 0.3) is 10.9 Å². The summed E-state index contributed by atoms with van der Waals surface area (Å²) >= 11 is 5.97. The summed E-state index contributed by atoms with van der Waals surface area (Å²) in [5, 5.41) is 3.57. The molecule has 3 rings (SSSR count). The summed E-state index contributed by atoms with van der Waals surface area (Å²) in [5.74, 6) is -0.760. The van der Waals surface area contributed by atoms with Gasteiger partial charge in [-0.15, -0.1) is 0 Å². The molecule has 0 unspecified atom stereocenters. The molecule has 6 heteroatoms. The van der Waals surface area contributed by atoms with Crippen molar-refractivity contribution in [1.82, 2.24) is 4.57 Å².